The first-order chi connectivity index (χ1) is 7.25. The molecular formula is C12H13ClN2. The molecule has 0 bridgehead atoms. The number of aromatic nitrogens is 2. The van der Waals surface area contributed by atoms with Crippen LogP contribution >= 0.6 is 11.6 Å². The van der Waals surface area contributed by atoms with Gasteiger partial charge in [0.25, 0.3) is 0 Å². The molecular weight excluding hydrogens is 208 g/mol. The summed E-state index contributed by atoms with van der Waals surface area (Å²) in [6.45, 7) is 3.33. The third kappa shape index (κ3) is 1.36. The molecule has 1 aliphatic heterocycles. The van der Waals surface area contributed by atoms with Crippen molar-refractivity contribution in [2.24, 2.45) is 5.92 Å². The summed E-state index contributed by atoms with van der Waals surface area (Å²) in [4.78, 5) is 4.64. The summed E-state index contributed by atoms with van der Waals surface area (Å²) < 4.78 is 2.28. The van der Waals surface area contributed by atoms with Gasteiger partial charge in [-0.25, -0.2) is 4.98 Å². The van der Waals surface area contributed by atoms with E-state index in [4.69, 9.17) is 11.6 Å². The Morgan fingerprint density at radius 3 is 3.20 bits per heavy atom. The highest BCUT2D eigenvalue weighted by atomic mass is 35.5. The zero-order chi connectivity index (χ0) is 10.4. The fourth-order valence-corrected chi connectivity index (χ4v) is 2.62. The van der Waals surface area contributed by atoms with Gasteiger partial charge < -0.3 is 4.57 Å². The van der Waals surface area contributed by atoms with Crippen LogP contribution in [0.25, 0.3) is 11.0 Å². The lowest BCUT2D eigenvalue weighted by atomic mass is 10.0. The second kappa shape index (κ2) is 3.24. The summed E-state index contributed by atoms with van der Waals surface area (Å²) in [6.07, 6.45) is 2.30. The molecule has 2 heterocycles. The van der Waals surface area contributed by atoms with Crippen LogP contribution in [0.2, 0.25) is 5.02 Å². The molecule has 3 rings (SSSR count). The molecule has 0 amide bonds. The minimum Gasteiger partial charge on any atom is -0.327 e. The third-order valence-corrected chi connectivity index (χ3v) is 3.48. The molecule has 0 spiro atoms. The van der Waals surface area contributed by atoms with Crippen LogP contribution in [0.1, 0.15) is 19.2 Å². The van der Waals surface area contributed by atoms with Crippen LogP contribution in [0.5, 0.6) is 0 Å². The topological polar surface area (TPSA) is 17.8 Å². The SMILES string of the molecule is C[C@H]1CCn2c(nc3cccc(Cl)c32)C1. The molecule has 0 saturated heterocycles. The summed E-state index contributed by atoms with van der Waals surface area (Å²) >= 11 is 6.21. The first-order valence-electron chi connectivity index (χ1n) is 5.39. The number of aryl methyl sites for hydroxylation is 1. The molecule has 3 heteroatoms. The Hall–Kier alpha value is -1.02. The molecule has 0 saturated carbocycles. The number of para-hydroxylation sites is 1. The molecule has 2 nitrogen and oxygen atoms in total. The molecule has 0 unspecified atom stereocenters. The van der Waals surface area contributed by atoms with E-state index in [1.54, 1.807) is 0 Å². The number of hydrogen-bond acceptors (Lipinski definition) is 1. The number of benzene rings is 1. The van der Waals surface area contributed by atoms with Crippen LogP contribution < -0.4 is 0 Å². The molecule has 78 valence electrons. The smallest absolute Gasteiger partial charge is 0.110 e. The first-order valence-corrected chi connectivity index (χ1v) is 5.77. The predicted octanol–water partition coefficient (Wildman–Crippen LogP) is 3.27. The van der Waals surface area contributed by atoms with Gasteiger partial charge in [-0.3, -0.25) is 0 Å². The zero-order valence-electron chi connectivity index (χ0n) is 8.70. The van der Waals surface area contributed by atoms with E-state index >= 15 is 0 Å². The van der Waals surface area contributed by atoms with Gasteiger partial charge in [0, 0.05) is 13.0 Å². The normalized spacial score (nSPS) is 20.5. The van der Waals surface area contributed by atoms with Crippen molar-refractivity contribution in [2.45, 2.75) is 26.3 Å². The molecule has 1 atom stereocenters. The second-order valence-corrected chi connectivity index (χ2v) is 4.79. The Balaban J connectivity index is 2.29. The molecule has 0 aliphatic carbocycles. The zero-order valence-corrected chi connectivity index (χ0v) is 9.46. The van der Waals surface area contributed by atoms with E-state index in [1.807, 2.05) is 18.2 Å². The highest BCUT2D eigenvalue weighted by Crippen LogP contribution is 2.29. The van der Waals surface area contributed by atoms with Gasteiger partial charge in [0.15, 0.2) is 0 Å². The molecule has 0 fully saturated rings. The Kier molecular flexibility index (Phi) is 1.99. The standard InChI is InChI=1S/C12H13ClN2/c1-8-5-6-15-11(7-8)14-10-4-2-3-9(13)12(10)15/h2-4,8H,5-7H2,1H3/t8-/m0/s1. The number of imidazole rings is 1. The maximum absolute atomic E-state index is 6.21. The molecule has 2 aromatic rings. The van der Waals surface area contributed by atoms with Crippen LogP contribution in [0, 0.1) is 5.92 Å². The first kappa shape index (κ1) is 9.22. The molecule has 0 N–H and O–H groups in total. The largest absolute Gasteiger partial charge is 0.327 e. The van der Waals surface area contributed by atoms with Crippen molar-refractivity contribution < 1.29 is 0 Å². The van der Waals surface area contributed by atoms with Gasteiger partial charge in [-0.1, -0.05) is 24.6 Å². The van der Waals surface area contributed by atoms with Gasteiger partial charge in [0.05, 0.1) is 16.1 Å². The second-order valence-electron chi connectivity index (χ2n) is 4.39. The molecule has 1 aromatic heterocycles. The number of fused-ring (bicyclic) bond motifs is 3. The monoisotopic (exact) mass is 220 g/mol. The summed E-state index contributed by atoms with van der Waals surface area (Å²) in [5.74, 6) is 1.94. The summed E-state index contributed by atoms with van der Waals surface area (Å²) in [7, 11) is 0. The van der Waals surface area contributed by atoms with E-state index in [1.165, 1.54) is 12.2 Å². The summed E-state index contributed by atoms with van der Waals surface area (Å²) in [5, 5.41) is 0.820. The van der Waals surface area contributed by atoms with E-state index in [-0.39, 0.29) is 0 Å². The van der Waals surface area contributed by atoms with E-state index in [9.17, 15) is 0 Å². The predicted molar refractivity (Wildman–Crippen MR) is 62.2 cm³/mol. The van der Waals surface area contributed by atoms with Crippen molar-refractivity contribution in [1.29, 1.82) is 0 Å². The van der Waals surface area contributed by atoms with Crippen LogP contribution in [0.3, 0.4) is 0 Å². The lowest BCUT2D eigenvalue weighted by Crippen LogP contribution is -2.17. The van der Waals surface area contributed by atoms with Crippen LogP contribution in [-0.4, -0.2) is 9.55 Å². The van der Waals surface area contributed by atoms with Gasteiger partial charge in [0.1, 0.15) is 5.82 Å². The van der Waals surface area contributed by atoms with Crippen molar-refractivity contribution >= 4 is 22.6 Å². The minimum atomic E-state index is 0.744. The quantitative estimate of drug-likeness (QED) is 0.666. The van der Waals surface area contributed by atoms with Gasteiger partial charge in [-0.15, -0.1) is 0 Å². The van der Waals surface area contributed by atoms with Crippen molar-refractivity contribution in [3.63, 3.8) is 0 Å². The third-order valence-electron chi connectivity index (χ3n) is 3.17. The van der Waals surface area contributed by atoms with E-state index in [0.717, 1.165) is 34.9 Å². The minimum absolute atomic E-state index is 0.744. The summed E-state index contributed by atoms with van der Waals surface area (Å²) in [6, 6.07) is 5.95. The Morgan fingerprint density at radius 2 is 2.33 bits per heavy atom. The lowest BCUT2D eigenvalue weighted by Gasteiger charge is -2.20. The summed E-state index contributed by atoms with van der Waals surface area (Å²) in [5.41, 5.74) is 2.15. The number of rotatable bonds is 0. The van der Waals surface area contributed by atoms with Crippen molar-refractivity contribution in [3.8, 4) is 0 Å². The maximum atomic E-state index is 6.21. The van der Waals surface area contributed by atoms with E-state index in [0.29, 0.717) is 0 Å². The molecule has 1 aliphatic rings. The Bertz CT molecular complexity index is 516. The molecule has 15 heavy (non-hydrogen) atoms. The number of hydrogen-bond donors (Lipinski definition) is 0. The molecule has 1 aromatic carbocycles. The van der Waals surface area contributed by atoms with Crippen molar-refractivity contribution in [1.82, 2.24) is 9.55 Å². The lowest BCUT2D eigenvalue weighted by molar-refractivity contribution is 0.415. The van der Waals surface area contributed by atoms with Gasteiger partial charge in [-0.2, -0.15) is 0 Å². The van der Waals surface area contributed by atoms with Crippen molar-refractivity contribution in [2.75, 3.05) is 0 Å². The van der Waals surface area contributed by atoms with Gasteiger partial charge >= 0.3 is 0 Å². The Morgan fingerprint density at radius 1 is 1.47 bits per heavy atom. The Labute approximate surface area is 93.9 Å². The highest BCUT2D eigenvalue weighted by Gasteiger charge is 2.19. The van der Waals surface area contributed by atoms with Crippen LogP contribution in [-0.2, 0) is 13.0 Å². The number of halogens is 1. The highest BCUT2D eigenvalue weighted by molar-refractivity contribution is 6.35. The van der Waals surface area contributed by atoms with E-state index in [2.05, 4.69) is 16.5 Å². The molecule has 0 radical (unpaired) electrons. The number of nitrogens with zero attached hydrogens (tertiary/aromatic N) is 2. The maximum Gasteiger partial charge on any atom is 0.110 e. The fraction of sp³-hybridized carbons (Fsp3) is 0.417. The van der Waals surface area contributed by atoms with E-state index < -0.39 is 0 Å². The van der Waals surface area contributed by atoms with Gasteiger partial charge in [-0.05, 0) is 24.5 Å². The average molecular weight is 221 g/mol. The van der Waals surface area contributed by atoms with Gasteiger partial charge in [0.2, 0.25) is 0 Å². The van der Waals surface area contributed by atoms with Crippen LogP contribution in [0.4, 0.5) is 0 Å². The van der Waals surface area contributed by atoms with Crippen molar-refractivity contribution in [3.05, 3.63) is 29.0 Å². The van der Waals surface area contributed by atoms with Crippen LogP contribution in [0.15, 0.2) is 18.2 Å². The fourth-order valence-electron chi connectivity index (χ4n) is 2.35. The average Bonchev–Trinajstić information content (AvgIpc) is 2.56.